The largest absolute Gasteiger partial charge is 0.376 e. The van der Waals surface area contributed by atoms with Crippen LogP contribution in [0, 0.1) is 25.5 Å². The van der Waals surface area contributed by atoms with Gasteiger partial charge in [0.1, 0.15) is 11.6 Å². The summed E-state index contributed by atoms with van der Waals surface area (Å²) in [4.78, 5) is 11.8. The zero-order chi connectivity index (χ0) is 15.4. The van der Waals surface area contributed by atoms with Gasteiger partial charge in [-0.1, -0.05) is 12.1 Å². The molecule has 0 saturated carbocycles. The molecule has 0 bridgehead atoms. The molecular weight excluding hydrogens is 274 g/mol. The molecule has 0 atom stereocenters. The molecule has 5 heteroatoms. The van der Waals surface area contributed by atoms with Crippen LogP contribution in [0.5, 0.6) is 0 Å². The number of carbonyl (C=O) groups is 1. The van der Waals surface area contributed by atoms with Gasteiger partial charge in [-0.05, 0) is 43.2 Å². The third-order valence-corrected chi connectivity index (χ3v) is 3.03. The highest BCUT2D eigenvalue weighted by molar-refractivity contribution is 5.93. The summed E-state index contributed by atoms with van der Waals surface area (Å²) in [5.74, 6) is -1.72. The summed E-state index contributed by atoms with van der Waals surface area (Å²) in [6, 6.07) is 8.77. The minimum Gasteiger partial charge on any atom is -0.376 e. The van der Waals surface area contributed by atoms with Crippen LogP contribution in [0.3, 0.4) is 0 Å². The predicted octanol–water partition coefficient (Wildman–Crippen LogP) is 3.63. The van der Waals surface area contributed by atoms with E-state index in [0.717, 1.165) is 35.0 Å². The predicted molar refractivity (Wildman–Crippen MR) is 79.4 cm³/mol. The van der Waals surface area contributed by atoms with Crippen LogP contribution in [-0.2, 0) is 4.79 Å². The van der Waals surface area contributed by atoms with Crippen molar-refractivity contribution in [2.24, 2.45) is 0 Å². The van der Waals surface area contributed by atoms with Crippen molar-refractivity contribution in [1.29, 1.82) is 0 Å². The summed E-state index contributed by atoms with van der Waals surface area (Å²) in [7, 11) is 0. The molecule has 0 radical (unpaired) electrons. The van der Waals surface area contributed by atoms with Gasteiger partial charge in [0.05, 0.1) is 12.2 Å². The van der Waals surface area contributed by atoms with Gasteiger partial charge in [0.25, 0.3) is 0 Å². The van der Waals surface area contributed by atoms with Gasteiger partial charge in [0.2, 0.25) is 5.91 Å². The van der Waals surface area contributed by atoms with Crippen LogP contribution in [0.2, 0.25) is 0 Å². The fraction of sp³-hybridized carbons (Fsp3) is 0.188. The highest BCUT2D eigenvalue weighted by Crippen LogP contribution is 2.17. The van der Waals surface area contributed by atoms with Gasteiger partial charge in [-0.3, -0.25) is 4.79 Å². The maximum absolute atomic E-state index is 13.4. The van der Waals surface area contributed by atoms with Crippen molar-refractivity contribution in [2.45, 2.75) is 13.8 Å². The number of hydrogen-bond acceptors (Lipinski definition) is 2. The Labute approximate surface area is 122 Å². The van der Waals surface area contributed by atoms with Gasteiger partial charge in [0, 0.05) is 11.8 Å². The topological polar surface area (TPSA) is 41.1 Å². The summed E-state index contributed by atoms with van der Waals surface area (Å²) < 4.78 is 26.4. The van der Waals surface area contributed by atoms with Gasteiger partial charge in [0.15, 0.2) is 0 Å². The Morgan fingerprint density at radius 1 is 1.05 bits per heavy atom. The van der Waals surface area contributed by atoms with Crippen LogP contribution in [0.15, 0.2) is 36.4 Å². The molecule has 0 aromatic heterocycles. The maximum Gasteiger partial charge on any atom is 0.243 e. The van der Waals surface area contributed by atoms with Gasteiger partial charge >= 0.3 is 0 Å². The van der Waals surface area contributed by atoms with E-state index in [2.05, 4.69) is 10.6 Å². The number of carbonyl (C=O) groups excluding carboxylic acids is 1. The molecule has 2 rings (SSSR count). The molecule has 0 aliphatic carbocycles. The second kappa shape index (κ2) is 6.35. The molecule has 0 saturated heterocycles. The zero-order valence-electron chi connectivity index (χ0n) is 11.8. The molecule has 2 N–H and O–H groups in total. The molecule has 0 fully saturated rings. The lowest BCUT2D eigenvalue weighted by molar-refractivity contribution is -0.114. The van der Waals surface area contributed by atoms with E-state index in [1.54, 1.807) is 0 Å². The molecule has 0 spiro atoms. The van der Waals surface area contributed by atoms with Gasteiger partial charge in [-0.15, -0.1) is 0 Å². The summed E-state index contributed by atoms with van der Waals surface area (Å²) >= 11 is 0. The maximum atomic E-state index is 13.4. The summed E-state index contributed by atoms with van der Waals surface area (Å²) in [6.07, 6.45) is 0. The van der Waals surface area contributed by atoms with Crippen LogP contribution >= 0.6 is 0 Å². The fourth-order valence-corrected chi connectivity index (χ4v) is 1.89. The van der Waals surface area contributed by atoms with E-state index in [1.165, 1.54) is 0 Å². The molecule has 0 unspecified atom stereocenters. The van der Waals surface area contributed by atoms with Crippen molar-refractivity contribution in [3.8, 4) is 0 Å². The minimum absolute atomic E-state index is 0.0275. The fourth-order valence-electron chi connectivity index (χ4n) is 1.89. The van der Waals surface area contributed by atoms with E-state index in [4.69, 9.17) is 0 Å². The zero-order valence-corrected chi connectivity index (χ0v) is 11.8. The second-order valence-corrected chi connectivity index (χ2v) is 4.84. The Bertz CT molecular complexity index is 671. The number of hydrogen-bond donors (Lipinski definition) is 2. The lowest BCUT2D eigenvalue weighted by Crippen LogP contribution is -2.22. The normalized spacial score (nSPS) is 10.3. The standard InChI is InChI=1S/C16H16F2N2O/c1-10-3-4-11(2)14(7-10)19-9-16(21)20-15-8-12(17)5-6-13(15)18/h3-8,19H,9H2,1-2H3,(H,20,21). The average molecular weight is 290 g/mol. The monoisotopic (exact) mass is 290 g/mol. The van der Waals surface area contributed by atoms with Crippen molar-refractivity contribution in [3.63, 3.8) is 0 Å². The van der Waals surface area contributed by atoms with Gasteiger partial charge < -0.3 is 10.6 Å². The smallest absolute Gasteiger partial charge is 0.243 e. The van der Waals surface area contributed by atoms with E-state index < -0.39 is 17.5 Å². The molecule has 110 valence electrons. The Hall–Kier alpha value is -2.43. The average Bonchev–Trinajstić information content (AvgIpc) is 2.44. The molecule has 21 heavy (non-hydrogen) atoms. The Morgan fingerprint density at radius 3 is 2.57 bits per heavy atom. The molecule has 2 aromatic rings. The SMILES string of the molecule is Cc1ccc(C)c(NCC(=O)Nc2cc(F)ccc2F)c1. The molecule has 2 aromatic carbocycles. The Balaban J connectivity index is 1.99. The summed E-state index contributed by atoms with van der Waals surface area (Å²) in [5.41, 5.74) is 2.75. The lowest BCUT2D eigenvalue weighted by atomic mass is 10.1. The molecule has 0 aliphatic rings. The highest BCUT2D eigenvalue weighted by atomic mass is 19.1. The minimum atomic E-state index is -0.670. The number of aryl methyl sites for hydroxylation is 2. The molecule has 0 aliphatic heterocycles. The first-order valence-corrected chi connectivity index (χ1v) is 6.52. The van der Waals surface area contributed by atoms with Crippen molar-refractivity contribution in [2.75, 3.05) is 17.2 Å². The Morgan fingerprint density at radius 2 is 1.81 bits per heavy atom. The van der Waals surface area contributed by atoms with Crippen LogP contribution in [0.25, 0.3) is 0 Å². The molecule has 0 heterocycles. The van der Waals surface area contributed by atoms with Crippen LogP contribution in [0.4, 0.5) is 20.2 Å². The number of anilines is 2. The first kappa shape index (κ1) is 15.0. The molecule has 1 amide bonds. The van der Waals surface area contributed by atoms with E-state index in [9.17, 15) is 13.6 Å². The van der Waals surface area contributed by atoms with Crippen LogP contribution in [0.1, 0.15) is 11.1 Å². The van der Waals surface area contributed by atoms with E-state index in [0.29, 0.717) is 0 Å². The number of nitrogens with one attached hydrogen (secondary N) is 2. The van der Waals surface area contributed by atoms with Crippen LogP contribution in [-0.4, -0.2) is 12.5 Å². The lowest BCUT2D eigenvalue weighted by Gasteiger charge is -2.11. The molecular formula is C16H16F2N2O. The first-order valence-electron chi connectivity index (χ1n) is 6.52. The van der Waals surface area contributed by atoms with Crippen molar-refractivity contribution in [1.82, 2.24) is 0 Å². The number of halogens is 2. The second-order valence-electron chi connectivity index (χ2n) is 4.84. The molecule has 3 nitrogen and oxygen atoms in total. The quantitative estimate of drug-likeness (QED) is 0.902. The van der Waals surface area contributed by atoms with Gasteiger partial charge in [-0.2, -0.15) is 0 Å². The third-order valence-electron chi connectivity index (χ3n) is 3.03. The van der Waals surface area contributed by atoms with Crippen molar-refractivity contribution < 1.29 is 13.6 Å². The van der Waals surface area contributed by atoms with Crippen molar-refractivity contribution in [3.05, 3.63) is 59.2 Å². The van der Waals surface area contributed by atoms with Gasteiger partial charge in [-0.25, -0.2) is 8.78 Å². The summed E-state index contributed by atoms with van der Waals surface area (Å²) in [6.45, 7) is 3.85. The number of benzene rings is 2. The van der Waals surface area contributed by atoms with E-state index >= 15 is 0 Å². The number of amides is 1. The summed E-state index contributed by atoms with van der Waals surface area (Å²) in [5, 5.41) is 5.32. The van der Waals surface area contributed by atoms with E-state index in [-0.39, 0.29) is 12.2 Å². The van der Waals surface area contributed by atoms with Crippen molar-refractivity contribution >= 4 is 17.3 Å². The Kier molecular flexibility index (Phi) is 4.52. The first-order chi connectivity index (χ1) is 9.95. The third kappa shape index (κ3) is 4.02. The highest BCUT2D eigenvalue weighted by Gasteiger charge is 2.08. The number of rotatable bonds is 4. The van der Waals surface area contributed by atoms with Crippen LogP contribution < -0.4 is 10.6 Å². The van der Waals surface area contributed by atoms with E-state index in [1.807, 2.05) is 32.0 Å².